The molecule has 1 amide bonds. The highest BCUT2D eigenvalue weighted by Gasteiger charge is 2.35. The SMILES string of the molecule is Cc1cc(C)c(C(C)NC(=O)C2CN(S(C)(=O)=O)c3cc(Cl)ccc3O2)cc1C. The van der Waals surface area contributed by atoms with Crippen LogP contribution in [-0.4, -0.2) is 33.2 Å². The van der Waals surface area contributed by atoms with Gasteiger partial charge in [0.05, 0.1) is 24.5 Å². The zero-order valence-corrected chi connectivity index (χ0v) is 18.7. The van der Waals surface area contributed by atoms with Gasteiger partial charge in [0, 0.05) is 5.02 Å². The van der Waals surface area contributed by atoms with Crippen molar-refractivity contribution in [2.75, 3.05) is 17.1 Å². The van der Waals surface area contributed by atoms with Crippen LogP contribution in [0.2, 0.25) is 5.02 Å². The zero-order chi connectivity index (χ0) is 21.5. The number of nitrogens with one attached hydrogen (secondary N) is 1. The average molecular weight is 437 g/mol. The molecule has 29 heavy (non-hydrogen) atoms. The van der Waals surface area contributed by atoms with Crippen LogP contribution in [0.25, 0.3) is 0 Å². The number of fused-ring (bicyclic) bond motifs is 1. The van der Waals surface area contributed by atoms with Crippen molar-refractivity contribution in [1.82, 2.24) is 5.32 Å². The lowest BCUT2D eigenvalue weighted by atomic mass is 9.96. The van der Waals surface area contributed by atoms with Crippen LogP contribution in [0, 0.1) is 20.8 Å². The second kappa shape index (κ2) is 7.88. The molecule has 2 unspecified atom stereocenters. The Kier molecular flexibility index (Phi) is 5.83. The summed E-state index contributed by atoms with van der Waals surface area (Å²) >= 11 is 6.01. The number of hydrogen-bond donors (Lipinski definition) is 1. The molecule has 2 atom stereocenters. The van der Waals surface area contributed by atoms with E-state index in [9.17, 15) is 13.2 Å². The van der Waals surface area contributed by atoms with Crippen LogP contribution in [0.5, 0.6) is 5.75 Å². The van der Waals surface area contributed by atoms with E-state index in [1.165, 1.54) is 11.6 Å². The third kappa shape index (κ3) is 4.51. The highest BCUT2D eigenvalue weighted by atomic mass is 35.5. The van der Waals surface area contributed by atoms with Gasteiger partial charge in [-0.2, -0.15) is 0 Å². The predicted molar refractivity (Wildman–Crippen MR) is 115 cm³/mol. The molecule has 0 aromatic heterocycles. The standard InChI is InChI=1S/C21H25ClN2O4S/c1-12-8-14(3)17(9-13(12)2)15(4)23-21(25)20-11-24(29(5,26)27)18-10-16(22)6-7-19(18)28-20/h6-10,15,20H,11H2,1-5H3,(H,23,25). The first-order valence-corrected chi connectivity index (χ1v) is 11.5. The van der Waals surface area contributed by atoms with E-state index in [0.29, 0.717) is 16.5 Å². The van der Waals surface area contributed by atoms with Gasteiger partial charge in [0.25, 0.3) is 5.91 Å². The third-order valence-corrected chi connectivity index (χ3v) is 6.57. The first kappa shape index (κ1) is 21.5. The molecule has 2 aromatic carbocycles. The van der Waals surface area contributed by atoms with Gasteiger partial charge in [0.15, 0.2) is 6.10 Å². The van der Waals surface area contributed by atoms with Crippen LogP contribution in [-0.2, 0) is 14.8 Å². The van der Waals surface area contributed by atoms with Crippen LogP contribution in [0.1, 0.15) is 35.2 Å². The fourth-order valence-corrected chi connectivity index (χ4v) is 4.58. The molecule has 0 fully saturated rings. The Labute approximate surface area is 176 Å². The molecule has 1 N–H and O–H groups in total. The van der Waals surface area contributed by atoms with Crippen molar-refractivity contribution in [3.63, 3.8) is 0 Å². The van der Waals surface area contributed by atoms with Gasteiger partial charge in [-0.3, -0.25) is 9.10 Å². The van der Waals surface area contributed by atoms with Crippen molar-refractivity contribution < 1.29 is 17.9 Å². The van der Waals surface area contributed by atoms with E-state index in [4.69, 9.17) is 16.3 Å². The van der Waals surface area contributed by atoms with Gasteiger partial charge in [-0.05, 0) is 68.1 Å². The number of carbonyl (C=O) groups is 1. The molecule has 0 bridgehead atoms. The minimum absolute atomic E-state index is 0.114. The summed E-state index contributed by atoms with van der Waals surface area (Å²) in [5.41, 5.74) is 4.78. The largest absolute Gasteiger partial charge is 0.476 e. The molecule has 1 heterocycles. The summed E-state index contributed by atoms with van der Waals surface area (Å²) in [7, 11) is -3.61. The number of aryl methyl sites for hydroxylation is 3. The van der Waals surface area contributed by atoms with Gasteiger partial charge >= 0.3 is 0 Å². The number of hydrogen-bond acceptors (Lipinski definition) is 4. The average Bonchev–Trinajstić information content (AvgIpc) is 2.62. The number of amides is 1. The molecule has 1 aliphatic rings. The molecule has 2 aromatic rings. The lowest BCUT2D eigenvalue weighted by Crippen LogP contribution is -2.50. The molecule has 0 radical (unpaired) electrons. The summed E-state index contributed by atoms with van der Waals surface area (Å²) in [5, 5.41) is 3.35. The van der Waals surface area contributed by atoms with E-state index in [-0.39, 0.29) is 18.5 Å². The van der Waals surface area contributed by atoms with Crippen molar-refractivity contribution >= 4 is 33.2 Å². The molecule has 0 saturated heterocycles. The fraction of sp³-hybridized carbons (Fsp3) is 0.381. The topological polar surface area (TPSA) is 75.7 Å². The van der Waals surface area contributed by atoms with Crippen molar-refractivity contribution in [2.24, 2.45) is 0 Å². The number of carbonyl (C=O) groups excluding carboxylic acids is 1. The second-order valence-corrected chi connectivity index (χ2v) is 9.88. The third-order valence-electron chi connectivity index (χ3n) is 5.19. The number of benzene rings is 2. The fourth-order valence-electron chi connectivity index (χ4n) is 3.51. The van der Waals surface area contributed by atoms with Crippen LogP contribution >= 0.6 is 11.6 Å². The molecule has 3 rings (SSSR count). The van der Waals surface area contributed by atoms with Crippen molar-refractivity contribution in [3.8, 4) is 5.75 Å². The van der Waals surface area contributed by atoms with Gasteiger partial charge in [-0.25, -0.2) is 8.42 Å². The Balaban J connectivity index is 1.85. The lowest BCUT2D eigenvalue weighted by Gasteiger charge is -2.34. The van der Waals surface area contributed by atoms with Crippen LogP contribution in [0.4, 0.5) is 5.69 Å². The van der Waals surface area contributed by atoms with E-state index < -0.39 is 16.1 Å². The Morgan fingerprint density at radius 1 is 1.17 bits per heavy atom. The molecule has 0 aliphatic carbocycles. The van der Waals surface area contributed by atoms with Gasteiger partial charge in [-0.15, -0.1) is 0 Å². The van der Waals surface area contributed by atoms with Crippen LogP contribution < -0.4 is 14.4 Å². The number of anilines is 1. The summed E-state index contributed by atoms with van der Waals surface area (Å²) in [6.45, 7) is 7.88. The molecule has 8 heteroatoms. The molecular formula is C21H25ClN2O4S. The summed E-state index contributed by atoms with van der Waals surface area (Å²) in [6.07, 6.45) is 0.131. The minimum Gasteiger partial charge on any atom is -0.476 e. The molecule has 1 aliphatic heterocycles. The summed E-state index contributed by atoms with van der Waals surface area (Å²) in [4.78, 5) is 12.9. The lowest BCUT2D eigenvalue weighted by molar-refractivity contribution is -0.128. The van der Waals surface area contributed by atoms with Crippen LogP contribution in [0.3, 0.4) is 0 Å². The molecule has 0 spiro atoms. The summed E-state index contributed by atoms with van der Waals surface area (Å²) < 4.78 is 31.5. The molecular weight excluding hydrogens is 412 g/mol. The monoisotopic (exact) mass is 436 g/mol. The van der Waals surface area contributed by atoms with E-state index in [0.717, 1.165) is 27.3 Å². The highest BCUT2D eigenvalue weighted by molar-refractivity contribution is 7.92. The smallest absolute Gasteiger partial charge is 0.263 e. The van der Waals surface area contributed by atoms with Crippen molar-refractivity contribution in [2.45, 2.75) is 39.8 Å². The number of ether oxygens (including phenoxy) is 1. The second-order valence-electron chi connectivity index (χ2n) is 7.54. The first-order valence-electron chi connectivity index (χ1n) is 9.29. The van der Waals surface area contributed by atoms with Gasteiger partial charge in [0.2, 0.25) is 10.0 Å². The Bertz CT molecular complexity index is 1070. The Hall–Kier alpha value is -2.25. The maximum atomic E-state index is 12.9. The molecule has 156 valence electrons. The summed E-state index contributed by atoms with van der Waals surface area (Å²) in [6, 6.07) is 8.61. The minimum atomic E-state index is -3.61. The van der Waals surface area contributed by atoms with Crippen molar-refractivity contribution in [3.05, 3.63) is 57.6 Å². The maximum Gasteiger partial charge on any atom is 0.263 e. The number of nitrogens with zero attached hydrogens (tertiary/aromatic N) is 1. The first-order chi connectivity index (χ1) is 13.5. The molecule has 6 nitrogen and oxygen atoms in total. The van der Waals surface area contributed by atoms with Gasteiger partial charge in [-0.1, -0.05) is 23.7 Å². The number of halogens is 1. The van der Waals surface area contributed by atoms with E-state index in [1.54, 1.807) is 12.1 Å². The van der Waals surface area contributed by atoms with Crippen LogP contribution in [0.15, 0.2) is 30.3 Å². The quantitative estimate of drug-likeness (QED) is 0.793. The van der Waals surface area contributed by atoms with Gasteiger partial charge in [0.1, 0.15) is 5.75 Å². The van der Waals surface area contributed by atoms with E-state index in [1.807, 2.05) is 20.8 Å². The predicted octanol–water partition coefficient (Wildman–Crippen LogP) is 3.67. The Morgan fingerprint density at radius 3 is 2.48 bits per heavy atom. The van der Waals surface area contributed by atoms with E-state index >= 15 is 0 Å². The Morgan fingerprint density at radius 2 is 1.83 bits per heavy atom. The molecule has 0 saturated carbocycles. The maximum absolute atomic E-state index is 12.9. The zero-order valence-electron chi connectivity index (χ0n) is 17.1. The number of sulfonamides is 1. The highest BCUT2D eigenvalue weighted by Crippen LogP contribution is 2.37. The van der Waals surface area contributed by atoms with Gasteiger partial charge < -0.3 is 10.1 Å². The summed E-state index contributed by atoms with van der Waals surface area (Å²) in [5.74, 6) is -0.0642. The van der Waals surface area contributed by atoms with E-state index in [2.05, 4.69) is 24.4 Å². The normalized spacial score (nSPS) is 17.3. The number of rotatable bonds is 4. The van der Waals surface area contributed by atoms with Crippen molar-refractivity contribution in [1.29, 1.82) is 0 Å².